The molecule has 7 nitrogen and oxygen atoms in total. The molecule has 0 aliphatic carbocycles. The summed E-state index contributed by atoms with van der Waals surface area (Å²) in [6.45, 7) is -0.328. The number of thioether (sulfide) groups is 1. The van der Waals surface area contributed by atoms with Crippen LogP contribution in [0, 0.1) is 0 Å². The van der Waals surface area contributed by atoms with Crippen molar-refractivity contribution in [1.29, 1.82) is 0 Å². The van der Waals surface area contributed by atoms with Crippen LogP contribution in [-0.2, 0) is 11.4 Å². The molecule has 1 heterocycles. The number of aromatic nitrogens is 3. The van der Waals surface area contributed by atoms with E-state index in [1.807, 2.05) is 0 Å². The maximum Gasteiger partial charge on any atom is 0.313 e. The van der Waals surface area contributed by atoms with Crippen molar-refractivity contribution in [2.75, 3.05) is 12.9 Å². The maximum absolute atomic E-state index is 10.7. The van der Waals surface area contributed by atoms with Crippen LogP contribution in [0.1, 0.15) is 5.82 Å². The molecule has 0 fully saturated rings. The third kappa shape index (κ3) is 3.46. The van der Waals surface area contributed by atoms with Crippen LogP contribution in [0.5, 0.6) is 5.75 Å². The zero-order valence-corrected chi connectivity index (χ0v) is 12.6. The minimum atomic E-state index is -0.964. The molecule has 9 heteroatoms. The molecule has 2 N–H and O–H groups in total. The third-order valence-corrected chi connectivity index (χ3v) is 3.79. The lowest BCUT2D eigenvalue weighted by Crippen LogP contribution is -2.05. The predicted octanol–water partition coefficient (Wildman–Crippen LogP) is 1.60. The molecule has 0 radical (unpaired) electrons. The molecule has 21 heavy (non-hydrogen) atoms. The standard InChI is InChI=1S/C12H12ClN3O4S/c1-20-9-4-7(2-3-8(9)13)16-10(5-17)14-15-12(16)21-6-11(18)19/h2-4,17H,5-6H2,1H3,(H,18,19). The van der Waals surface area contributed by atoms with Gasteiger partial charge in [0.25, 0.3) is 0 Å². The Bertz CT molecular complexity index is 662. The minimum Gasteiger partial charge on any atom is -0.495 e. The van der Waals surface area contributed by atoms with E-state index >= 15 is 0 Å². The molecule has 0 aliphatic heterocycles. The van der Waals surface area contributed by atoms with Gasteiger partial charge in [-0.2, -0.15) is 0 Å². The number of halogens is 1. The van der Waals surface area contributed by atoms with E-state index in [4.69, 9.17) is 21.4 Å². The minimum absolute atomic E-state index is 0.158. The van der Waals surface area contributed by atoms with Crippen LogP contribution in [-0.4, -0.2) is 43.8 Å². The second-order valence-electron chi connectivity index (χ2n) is 3.89. The number of carboxylic acids is 1. The van der Waals surface area contributed by atoms with Gasteiger partial charge in [0.2, 0.25) is 0 Å². The summed E-state index contributed by atoms with van der Waals surface area (Å²) in [5, 5.41) is 26.6. The van der Waals surface area contributed by atoms with Crippen molar-refractivity contribution in [2.45, 2.75) is 11.8 Å². The number of aliphatic hydroxyl groups excluding tert-OH is 1. The first-order valence-corrected chi connectivity index (χ1v) is 7.16. The Morgan fingerprint density at radius 2 is 2.24 bits per heavy atom. The van der Waals surface area contributed by atoms with Crippen molar-refractivity contribution in [3.63, 3.8) is 0 Å². The molecular weight excluding hydrogens is 318 g/mol. The Morgan fingerprint density at radius 1 is 1.48 bits per heavy atom. The van der Waals surface area contributed by atoms with Gasteiger partial charge in [0.15, 0.2) is 11.0 Å². The van der Waals surface area contributed by atoms with E-state index in [0.29, 0.717) is 27.4 Å². The van der Waals surface area contributed by atoms with E-state index in [1.165, 1.54) is 7.11 Å². The topological polar surface area (TPSA) is 97.5 Å². The van der Waals surface area contributed by atoms with Crippen molar-refractivity contribution in [3.05, 3.63) is 29.0 Å². The monoisotopic (exact) mass is 329 g/mol. The Hall–Kier alpha value is -1.77. The van der Waals surface area contributed by atoms with Gasteiger partial charge in [-0.1, -0.05) is 23.4 Å². The van der Waals surface area contributed by atoms with E-state index < -0.39 is 5.97 Å². The Labute approximate surface area is 129 Å². The van der Waals surface area contributed by atoms with Crippen molar-refractivity contribution < 1.29 is 19.7 Å². The number of benzene rings is 1. The Kier molecular flexibility index (Phi) is 5.05. The quantitative estimate of drug-likeness (QED) is 0.777. The van der Waals surface area contributed by atoms with Crippen LogP contribution >= 0.6 is 23.4 Å². The number of hydrogen-bond acceptors (Lipinski definition) is 6. The first kappa shape index (κ1) is 15.6. The first-order chi connectivity index (χ1) is 10.1. The molecule has 0 atom stereocenters. The van der Waals surface area contributed by atoms with Crippen LogP contribution in [0.2, 0.25) is 5.02 Å². The maximum atomic E-state index is 10.7. The summed E-state index contributed by atoms with van der Waals surface area (Å²) in [7, 11) is 1.49. The van der Waals surface area contributed by atoms with E-state index in [9.17, 15) is 9.90 Å². The summed E-state index contributed by atoms with van der Waals surface area (Å²) in [5.41, 5.74) is 0.623. The summed E-state index contributed by atoms with van der Waals surface area (Å²) in [5.74, 6) is -0.365. The van der Waals surface area contributed by atoms with E-state index in [-0.39, 0.29) is 12.4 Å². The van der Waals surface area contributed by atoms with Crippen LogP contribution in [0.3, 0.4) is 0 Å². The molecule has 2 aromatic rings. The number of nitrogens with zero attached hydrogens (tertiary/aromatic N) is 3. The van der Waals surface area contributed by atoms with Gasteiger partial charge in [0.1, 0.15) is 12.4 Å². The van der Waals surface area contributed by atoms with Gasteiger partial charge in [-0.05, 0) is 12.1 Å². The van der Waals surface area contributed by atoms with Crippen LogP contribution < -0.4 is 4.74 Å². The number of carbonyl (C=O) groups is 1. The highest BCUT2D eigenvalue weighted by molar-refractivity contribution is 7.99. The van der Waals surface area contributed by atoms with Gasteiger partial charge in [-0.3, -0.25) is 9.36 Å². The van der Waals surface area contributed by atoms with Gasteiger partial charge in [0, 0.05) is 6.07 Å². The summed E-state index contributed by atoms with van der Waals surface area (Å²) < 4.78 is 6.71. The number of carboxylic acid groups (broad SMARTS) is 1. The predicted molar refractivity (Wildman–Crippen MR) is 77.2 cm³/mol. The Balaban J connectivity index is 2.45. The highest BCUT2D eigenvalue weighted by atomic mass is 35.5. The van der Waals surface area contributed by atoms with Crippen molar-refractivity contribution in [1.82, 2.24) is 14.8 Å². The van der Waals surface area contributed by atoms with Crippen molar-refractivity contribution in [2.24, 2.45) is 0 Å². The molecule has 0 spiro atoms. The number of methoxy groups -OCH3 is 1. The highest BCUT2D eigenvalue weighted by Crippen LogP contribution is 2.29. The lowest BCUT2D eigenvalue weighted by Gasteiger charge is -2.11. The fraction of sp³-hybridized carbons (Fsp3) is 0.250. The van der Waals surface area contributed by atoms with E-state index in [2.05, 4.69) is 10.2 Å². The molecule has 0 saturated carbocycles. The molecule has 0 amide bonds. The lowest BCUT2D eigenvalue weighted by atomic mass is 10.3. The second kappa shape index (κ2) is 6.79. The summed E-state index contributed by atoms with van der Waals surface area (Å²) >= 11 is 6.98. The number of aliphatic hydroxyl groups is 1. The molecule has 2 rings (SSSR count). The van der Waals surface area contributed by atoms with Crippen LogP contribution in [0.4, 0.5) is 0 Å². The van der Waals surface area contributed by atoms with E-state index in [0.717, 1.165) is 11.8 Å². The SMILES string of the molecule is COc1cc(-n2c(CO)nnc2SCC(=O)O)ccc1Cl. The smallest absolute Gasteiger partial charge is 0.313 e. The van der Waals surface area contributed by atoms with Crippen LogP contribution in [0.25, 0.3) is 5.69 Å². The summed E-state index contributed by atoms with van der Waals surface area (Å²) in [6, 6.07) is 5.01. The second-order valence-corrected chi connectivity index (χ2v) is 5.24. The van der Waals surface area contributed by atoms with Gasteiger partial charge in [-0.15, -0.1) is 10.2 Å². The van der Waals surface area contributed by atoms with Crippen LogP contribution in [0.15, 0.2) is 23.4 Å². The van der Waals surface area contributed by atoms with Crippen molar-refractivity contribution >= 4 is 29.3 Å². The molecule has 112 valence electrons. The van der Waals surface area contributed by atoms with Gasteiger partial charge >= 0.3 is 5.97 Å². The third-order valence-electron chi connectivity index (χ3n) is 2.56. The van der Waals surface area contributed by atoms with Gasteiger partial charge in [-0.25, -0.2) is 0 Å². The molecule has 0 aliphatic rings. The summed E-state index contributed by atoms with van der Waals surface area (Å²) in [4.78, 5) is 10.7. The van der Waals surface area contributed by atoms with E-state index in [1.54, 1.807) is 22.8 Å². The highest BCUT2D eigenvalue weighted by Gasteiger charge is 2.16. The average Bonchev–Trinajstić information content (AvgIpc) is 2.88. The Morgan fingerprint density at radius 3 is 2.86 bits per heavy atom. The number of hydrogen-bond donors (Lipinski definition) is 2. The number of aliphatic carboxylic acids is 1. The summed E-state index contributed by atoms with van der Waals surface area (Å²) in [6.07, 6.45) is 0. The molecule has 0 saturated heterocycles. The number of rotatable bonds is 6. The fourth-order valence-corrected chi connectivity index (χ4v) is 2.56. The molecular formula is C12H12ClN3O4S. The number of ether oxygens (including phenoxy) is 1. The zero-order valence-electron chi connectivity index (χ0n) is 11.0. The molecule has 1 aromatic heterocycles. The largest absolute Gasteiger partial charge is 0.495 e. The molecule has 0 unspecified atom stereocenters. The lowest BCUT2D eigenvalue weighted by molar-refractivity contribution is -0.133. The van der Waals surface area contributed by atoms with Crippen molar-refractivity contribution in [3.8, 4) is 11.4 Å². The molecule has 0 bridgehead atoms. The zero-order chi connectivity index (χ0) is 15.4. The normalized spacial score (nSPS) is 10.6. The first-order valence-electron chi connectivity index (χ1n) is 5.80. The van der Waals surface area contributed by atoms with Gasteiger partial charge < -0.3 is 14.9 Å². The molecule has 1 aromatic carbocycles. The fourth-order valence-electron chi connectivity index (χ4n) is 1.67. The van der Waals surface area contributed by atoms with Gasteiger partial charge in [0.05, 0.1) is 23.6 Å². The average molecular weight is 330 g/mol.